The lowest BCUT2D eigenvalue weighted by Gasteiger charge is -2.49. The summed E-state index contributed by atoms with van der Waals surface area (Å²) in [7, 11) is -20.4. The molecule has 1 aromatic heterocycles. The number of nitrogens with one attached hydrogen (secondary N) is 2. The van der Waals surface area contributed by atoms with Crippen molar-refractivity contribution < 1.29 is 154 Å². The maximum atomic E-state index is 15.3. The van der Waals surface area contributed by atoms with E-state index in [0.29, 0.717) is 74.2 Å². The third-order valence-electron chi connectivity index (χ3n) is 27.2. The van der Waals surface area contributed by atoms with Crippen molar-refractivity contribution in [2.45, 2.75) is 184 Å². The van der Waals surface area contributed by atoms with E-state index in [2.05, 4.69) is 10.0 Å². The minimum atomic E-state index is -4.71. The number of rotatable bonds is 15. The topological polar surface area (TPSA) is 249 Å². The molecule has 724 valence electrons. The predicted octanol–water partition coefficient (Wildman–Crippen LogP) is 21.6. The summed E-state index contributed by atoms with van der Waals surface area (Å²) in [4.78, 5) is 10.3. The van der Waals surface area contributed by atoms with Gasteiger partial charge >= 0.3 is 24.7 Å². The van der Waals surface area contributed by atoms with E-state index in [-0.39, 0.29) is 133 Å². The van der Waals surface area contributed by atoms with E-state index in [1.807, 2.05) is 13.8 Å². The summed E-state index contributed by atoms with van der Waals surface area (Å²) in [5.74, 6) is -12.6. The van der Waals surface area contributed by atoms with Gasteiger partial charge in [0.1, 0.15) is 46.5 Å². The third kappa shape index (κ3) is 17.8. The van der Waals surface area contributed by atoms with E-state index in [1.54, 1.807) is 11.4 Å². The van der Waals surface area contributed by atoms with Crippen LogP contribution < -0.4 is 29.0 Å². The summed E-state index contributed by atoms with van der Waals surface area (Å²) in [5, 5.41) is 4.09. The van der Waals surface area contributed by atoms with Gasteiger partial charge in [-0.1, -0.05) is 32.8 Å². The Kier molecular flexibility index (Phi) is 27.8. The molecule has 12 atom stereocenters. The van der Waals surface area contributed by atoms with Gasteiger partial charge in [0.05, 0.1) is 90.5 Å². The van der Waals surface area contributed by atoms with Gasteiger partial charge in [-0.05, 0) is 252 Å². The number of alkyl halides is 12. The highest BCUT2D eigenvalue weighted by Crippen LogP contribution is 2.63. The smallest absolute Gasteiger partial charge is 0.416 e. The number of thiophene rings is 1. The molecular formula is C91H84F20N2O15S6. The fourth-order valence-electron chi connectivity index (χ4n) is 20.6. The highest BCUT2D eigenvalue weighted by molar-refractivity contribution is 7.93. The van der Waals surface area contributed by atoms with Gasteiger partial charge in [0, 0.05) is 43.2 Å². The molecule has 4 saturated carbocycles. The van der Waals surface area contributed by atoms with E-state index in [1.165, 1.54) is 13.1 Å². The number of hydrogen-bond acceptors (Lipinski definition) is 16. The van der Waals surface area contributed by atoms with E-state index in [9.17, 15) is 117 Å². The van der Waals surface area contributed by atoms with Crippen LogP contribution in [0.1, 0.15) is 155 Å². The van der Waals surface area contributed by atoms with E-state index in [0.717, 1.165) is 121 Å². The highest BCUT2D eigenvalue weighted by Gasteiger charge is 2.65. The lowest BCUT2D eigenvalue weighted by atomic mass is 9.68. The maximum Gasteiger partial charge on any atom is 0.416 e. The van der Waals surface area contributed by atoms with Crippen LogP contribution in [0.3, 0.4) is 0 Å². The summed E-state index contributed by atoms with van der Waals surface area (Å²) in [6, 6.07) is 21.1. The van der Waals surface area contributed by atoms with Gasteiger partial charge in [-0.2, -0.15) is 52.7 Å². The Hall–Kier alpha value is -9.56. The second-order valence-electron chi connectivity index (χ2n) is 34.3. The average Bonchev–Trinajstić information content (AvgIpc) is 0.742. The molecule has 4 aliphatic carbocycles. The van der Waals surface area contributed by atoms with Gasteiger partial charge in [0.15, 0.2) is 85.6 Å². The minimum absolute atomic E-state index is 0.0380. The number of amides is 1. The van der Waals surface area contributed by atoms with Crippen molar-refractivity contribution >= 4 is 66.6 Å². The molecule has 8 aromatic carbocycles. The molecule has 43 heteroatoms. The number of sulfone groups is 4. The van der Waals surface area contributed by atoms with Crippen molar-refractivity contribution in [1.82, 2.24) is 10.0 Å². The molecule has 134 heavy (non-hydrogen) atoms. The number of benzene rings is 8. The fourth-order valence-corrected chi connectivity index (χ4v) is 32.3. The quantitative estimate of drug-likeness (QED) is 0.0906. The standard InChI is InChI=1S/C24H20F5NO5S3.C23H22F5NO4S.2C22H21F5O3S/c25-18-7-8-19(26)22-21(18)23(37(31,32)17-5-3-14(4-6-17)24(27,28)29)10-9-16(12-15(23)13-35-22)30-38(33,34)20-2-1-11-36-20;1-29-19(30)11-13-8-9-22(34(31,32)16-4-2-14(3-5-16)23(26,27)28)15(10-13)12-33-21-18(25)7-6-17(24)20(21)22;2*1-2-13-9-10-21(31(28,29)16-5-3-14(4-6-16)22(25,26)27)15(11-13)12-30-20-18(24)8-7-17(23)19(20)21/h1-8,11,15-16,30H,9-10,12-13H2;2-7,13,15H,8-12H2,1H3,(H,29,30);2*3-8,13,15H,2,9-12H2,1H3/t15-,16-,23+;13-,15-,22+;2*13-,15-,21+/m1111/s1. The average molecular weight is 2020 g/mol. The number of carbonyl (C=O) groups is 1. The first kappa shape index (κ1) is 100. The van der Waals surface area contributed by atoms with Crippen LogP contribution in [0.4, 0.5) is 87.8 Å². The second-order valence-corrected chi connectivity index (χ2v) is 46.0. The number of halogens is 20. The summed E-state index contributed by atoms with van der Waals surface area (Å²) >= 11 is 0.997. The Morgan fingerprint density at radius 3 is 0.866 bits per heavy atom. The maximum absolute atomic E-state index is 15.3. The molecule has 0 spiro atoms. The van der Waals surface area contributed by atoms with Crippen LogP contribution in [-0.4, -0.2) is 87.5 Å². The number of hydrogen-bond donors (Lipinski definition) is 2. The van der Waals surface area contributed by atoms with E-state index in [4.69, 9.17) is 18.9 Å². The summed E-state index contributed by atoms with van der Waals surface area (Å²) in [5.41, 5.74) is -5.74. The summed E-state index contributed by atoms with van der Waals surface area (Å²) in [6.07, 6.45) is -15.2. The van der Waals surface area contributed by atoms with Crippen molar-refractivity contribution in [3.8, 4) is 23.0 Å². The fraction of sp³-hybridized carbons (Fsp3) is 0.418. The van der Waals surface area contributed by atoms with Crippen molar-refractivity contribution in [2.75, 3.05) is 33.5 Å². The van der Waals surface area contributed by atoms with Crippen molar-refractivity contribution in [2.24, 2.45) is 41.4 Å². The van der Waals surface area contributed by atoms with E-state index < -0.39 is 235 Å². The minimum Gasteiger partial charge on any atom is -0.490 e. The SMILES string of the molecule is CC[C@@H]1CC[C@@]2(S(=O)(=O)c3ccc(C(F)(F)F)cc3)c3c(F)ccc(F)c3OC[C@H]2C1.CC[C@@H]1CC[C@@]2(S(=O)(=O)c3ccc(C(F)(F)F)cc3)c3c(F)ccc(F)c3OC[C@H]2C1.CNC(=O)C[C@@H]1CC[C@@]2(S(=O)(=O)c3ccc(C(F)(F)F)cc3)c3c(F)ccc(F)c3OC[C@H]2C1.O=S(=O)(N[C@@H]1CC[C@@]2(S(=O)(=O)c3ccc(C(F)(F)F)cc3)c3c(F)ccc(F)c3OC[C@H]2C1)c1cccs1. The molecular weight excluding hydrogens is 1930 g/mol. The Bertz CT molecular complexity index is 6360. The largest absolute Gasteiger partial charge is 0.490 e. The molecule has 0 saturated heterocycles. The van der Waals surface area contributed by atoms with E-state index >= 15 is 17.6 Å². The van der Waals surface area contributed by atoms with Gasteiger partial charge in [-0.15, -0.1) is 11.3 Å². The molecule has 5 heterocycles. The molecule has 17 rings (SSSR count). The molecule has 0 unspecified atom stereocenters. The van der Waals surface area contributed by atoms with Crippen LogP contribution >= 0.6 is 11.3 Å². The summed E-state index contributed by atoms with van der Waals surface area (Å²) in [6.45, 7) is 3.12. The molecule has 8 aliphatic rings. The zero-order valence-electron chi connectivity index (χ0n) is 70.8. The Labute approximate surface area is 761 Å². The van der Waals surface area contributed by atoms with Gasteiger partial charge in [0.25, 0.3) is 0 Å². The Morgan fingerprint density at radius 1 is 0.358 bits per heavy atom. The van der Waals surface area contributed by atoms with Gasteiger partial charge in [0.2, 0.25) is 15.9 Å². The first-order valence-corrected chi connectivity index (χ1v) is 50.4. The monoisotopic (exact) mass is 2020 g/mol. The molecule has 4 aliphatic heterocycles. The molecule has 2 N–H and O–H groups in total. The lowest BCUT2D eigenvalue weighted by molar-refractivity contribution is -0.138. The van der Waals surface area contributed by atoms with Crippen LogP contribution in [0.25, 0.3) is 0 Å². The van der Waals surface area contributed by atoms with Crippen molar-refractivity contribution in [3.63, 3.8) is 0 Å². The zero-order chi connectivity index (χ0) is 97.6. The Morgan fingerprint density at radius 2 is 0.612 bits per heavy atom. The Balaban J connectivity index is 0.000000144. The molecule has 0 bridgehead atoms. The van der Waals surface area contributed by atoms with Gasteiger partial charge < -0.3 is 24.3 Å². The van der Waals surface area contributed by atoms with Crippen LogP contribution in [0.2, 0.25) is 0 Å². The molecule has 4 fully saturated rings. The number of sulfonamides is 1. The lowest BCUT2D eigenvalue weighted by Crippen LogP contribution is -2.55. The second kappa shape index (κ2) is 37.1. The third-order valence-corrected chi connectivity index (χ3v) is 40.5. The molecule has 17 nitrogen and oxygen atoms in total. The number of fused-ring (bicyclic) bond motifs is 12. The van der Waals surface area contributed by atoms with Crippen LogP contribution in [0.15, 0.2) is 187 Å². The predicted molar refractivity (Wildman–Crippen MR) is 446 cm³/mol. The first-order valence-electron chi connectivity index (χ1n) is 42.1. The molecule has 1 amide bonds. The summed E-state index contributed by atoms with van der Waals surface area (Å²) < 4.78 is 429. The number of carbonyl (C=O) groups excluding carboxylic acids is 1. The molecule has 0 radical (unpaired) electrons. The normalized spacial score (nSPS) is 25.0. The van der Waals surface area contributed by atoms with Gasteiger partial charge in [-0.3, -0.25) is 4.79 Å². The van der Waals surface area contributed by atoms with Crippen LogP contribution in [0, 0.1) is 88.0 Å². The van der Waals surface area contributed by atoms with Crippen LogP contribution in [0.5, 0.6) is 23.0 Å². The van der Waals surface area contributed by atoms with Gasteiger partial charge in [-0.25, -0.2) is 81.9 Å². The highest BCUT2D eigenvalue weighted by atomic mass is 32.2. The number of ether oxygens (including phenoxy) is 4. The van der Waals surface area contributed by atoms with Crippen molar-refractivity contribution in [3.05, 3.63) is 254 Å². The first-order chi connectivity index (χ1) is 62.7. The zero-order valence-corrected chi connectivity index (χ0v) is 75.7. The molecule has 9 aromatic rings. The van der Waals surface area contributed by atoms with Crippen molar-refractivity contribution in [1.29, 1.82) is 0 Å². The van der Waals surface area contributed by atoms with Crippen LogP contribution in [-0.2, 0) is 97.9 Å².